The van der Waals surface area contributed by atoms with E-state index in [2.05, 4.69) is 60.3 Å². The second-order valence-electron chi connectivity index (χ2n) is 13.2. The van der Waals surface area contributed by atoms with Gasteiger partial charge in [0.05, 0.1) is 6.10 Å². The van der Waals surface area contributed by atoms with Gasteiger partial charge in [-0.15, -0.1) is 0 Å². The molecule has 3 nitrogen and oxygen atoms in total. The standard InChI is InChI=1S/C31H48O3/c1-20(2)21(3)10-14-27(34-19-32)26-9-8-17-30(6)25-13-12-24-22(11-15-28(33)29(24,4)5)23(25)16-18-31(26,30)7/h13,16,19-20,22,24,26-28,33H,3,8-12,14-15,17-18H2,1-2,4-7H3/t22?,24-,26-,27-,28+,30+,31-/m1/s1. The van der Waals surface area contributed by atoms with Crippen molar-refractivity contribution in [2.45, 2.75) is 112 Å². The van der Waals surface area contributed by atoms with E-state index in [-0.39, 0.29) is 28.5 Å². The number of carbonyl (C=O) groups excluding carboxylic acids is 1. The largest absolute Gasteiger partial charge is 0.464 e. The quantitative estimate of drug-likeness (QED) is 0.313. The van der Waals surface area contributed by atoms with E-state index in [0.717, 1.165) is 44.9 Å². The smallest absolute Gasteiger partial charge is 0.293 e. The molecule has 0 heterocycles. The Balaban J connectivity index is 1.66. The minimum Gasteiger partial charge on any atom is -0.464 e. The van der Waals surface area contributed by atoms with Crippen LogP contribution in [0.15, 0.2) is 35.5 Å². The second-order valence-corrected chi connectivity index (χ2v) is 13.2. The van der Waals surface area contributed by atoms with Crippen molar-refractivity contribution < 1.29 is 14.6 Å². The van der Waals surface area contributed by atoms with Gasteiger partial charge in [-0.05, 0) is 96.5 Å². The van der Waals surface area contributed by atoms with Crippen LogP contribution >= 0.6 is 0 Å². The van der Waals surface area contributed by atoms with Gasteiger partial charge >= 0.3 is 0 Å². The topological polar surface area (TPSA) is 46.5 Å². The maximum Gasteiger partial charge on any atom is 0.293 e. The number of rotatable bonds is 7. The fourth-order valence-corrected chi connectivity index (χ4v) is 8.36. The lowest BCUT2D eigenvalue weighted by atomic mass is 9.43. The molecule has 1 unspecified atom stereocenters. The second kappa shape index (κ2) is 9.26. The van der Waals surface area contributed by atoms with Gasteiger partial charge in [-0.25, -0.2) is 0 Å². The fraction of sp³-hybridized carbons (Fsp3) is 0.774. The van der Waals surface area contributed by atoms with Crippen LogP contribution in [0.2, 0.25) is 0 Å². The van der Waals surface area contributed by atoms with Crippen LogP contribution in [0.1, 0.15) is 99.3 Å². The molecule has 7 atom stereocenters. The molecule has 0 aliphatic heterocycles. The van der Waals surface area contributed by atoms with E-state index in [9.17, 15) is 9.90 Å². The summed E-state index contributed by atoms with van der Waals surface area (Å²) in [6, 6.07) is 0. The predicted molar refractivity (Wildman–Crippen MR) is 139 cm³/mol. The third-order valence-electron chi connectivity index (χ3n) is 11.2. The first-order valence-corrected chi connectivity index (χ1v) is 13.8. The number of carbonyl (C=O) groups is 1. The van der Waals surface area contributed by atoms with Crippen molar-refractivity contribution in [1.82, 2.24) is 0 Å². The zero-order valence-electron chi connectivity index (χ0n) is 22.5. The summed E-state index contributed by atoms with van der Waals surface area (Å²) in [6.07, 6.45) is 14.3. The summed E-state index contributed by atoms with van der Waals surface area (Å²) in [7, 11) is 0. The molecule has 4 aliphatic rings. The first-order valence-electron chi connectivity index (χ1n) is 13.8. The third-order valence-corrected chi connectivity index (χ3v) is 11.2. The lowest BCUT2D eigenvalue weighted by Gasteiger charge is -2.62. The number of allylic oxidation sites excluding steroid dienone is 5. The molecule has 4 aliphatic carbocycles. The Morgan fingerprint density at radius 3 is 2.62 bits per heavy atom. The van der Waals surface area contributed by atoms with Gasteiger partial charge in [0.1, 0.15) is 6.10 Å². The van der Waals surface area contributed by atoms with Gasteiger partial charge in [-0.1, -0.05) is 72.3 Å². The predicted octanol–water partition coefficient (Wildman–Crippen LogP) is 7.41. The van der Waals surface area contributed by atoms with Gasteiger partial charge in [0.2, 0.25) is 0 Å². The SMILES string of the molecule is C=C(CC[C@@H](OC=O)[C@H]1CCC[C@@]2(C)C3=CC[C@@H]4C(CC[C@H](O)C4(C)C)C3=CC[C@]12C)C(C)C. The normalized spacial score (nSPS) is 39.6. The molecule has 0 aromatic carbocycles. The first kappa shape index (κ1) is 25.7. The van der Waals surface area contributed by atoms with E-state index in [1.54, 1.807) is 11.1 Å². The summed E-state index contributed by atoms with van der Waals surface area (Å²) < 4.78 is 5.84. The van der Waals surface area contributed by atoms with E-state index in [1.807, 2.05) is 0 Å². The van der Waals surface area contributed by atoms with Gasteiger partial charge < -0.3 is 9.84 Å². The highest BCUT2D eigenvalue weighted by Gasteiger charge is 2.59. The van der Waals surface area contributed by atoms with Gasteiger partial charge in [-0.3, -0.25) is 4.79 Å². The van der Waals surface area contributed by atoms with Crippen molar-refractivity contribution in [2.24, 2.45) is 39.9 Å². The van der Waals surface area contributed by atoms with Crippen molar-refractivity contribution in [1.29, 1.82) is 0 Å². The lowest BCUT2D eigenvalue weighted by molar-refractivity contribution is -0.147. The molecule has 0 bridgehead atoms. The van der Waals surface area contributed by atoms with Gasteiger partial charge in [-0.2, -0.15) is 0 Å². The highest BCUT2D eigenvalue weighted by Crippen LogP contribution is 2.67. The molecule has 2 fully saturated rings. The molecule has 0 spiro atoms. The number of aliphatic hydroxyl groups excluding tert-OH is 1. The van der Waals surface area contributed by atoms with Crippen LogP contribution in [0.4, 0.5) is 0 Å². The molecular formula is C31H48O3. The van der Waals surface area contributed by atoms with E-state index >= 15 is 0 Å². The Labute approximate surface area is 208 Å². The molecule has 1 N–H and O–H groups in total. The molecule has 0 amide bonds. The van der Waals surface area contributed by atoms with Gasteiger partial charge in [0.25, 0.3) is 6.47 Å². The molecular weight excluding hydrogens is 420 g/mol. The van der Waals surface area contributed by atoms with Crippen LogP contribution in [0.25, 0.3) is 0 Å². The summed E-state index contributed by atoms with van der Waals surface area (Å²) in [5.74, 6) is 1.91. The minimum atomic E-state index is -0.199. The lowest BCUT2D eigenvalue weighted by Crippen LogP contribution is -2.55. The van der Waals surface area contributed by atoms with Gasteiger partial charge in [0, 0.05) is 5.92 Å². The van der Waals surface area contributed by atoms with Crippen LogP contribution in [0, 0.1) is 39.9 Å². The number of hydrogen-bond acceptors (Lipinski definition) is 3. The molecule has 0 aromatic heterocycles. The minimum absolute atomic E-state index is 0.0375. The van der Waals surface area contributed by atoms with Crippen LogP contribution < -0.4 is 0 Å². The van der Waals surface area contributed by atoms with E-state index in [4.69, 9.17) is 4.74 Å². The van der Waals surface area contributed by atoms with E-state index < -0.39 is 0 Å². The first-order chi connectivity index (χ1) is 16.0. The Morgan fingerprint density at radius 2 is 1.94 bits per heavy atom. The summed E-state index contributed by atoms with van der Waals surface area (Å²) in [5.41, 5.74) is 4.55. The highest BCUT2D eigenvalue weighted by atomic mass is 16.5. The van der Waals surface area contributed by atoms with E-state index in [0.29, 0.717) is 30.1 Å². The Morgan fingerprint density at radius 1 is 1.21 bits per heavy atom. The van der Waals surface area contributed by atoms with Crippen molar-refractivity contribution >= 4 is 6.47 Å². The average Bonchev–Trinajstić information content (AvgIpc) is 2.79. The number of aliphatic hydroxyl groups is 1. The zero-order valence-corrected chi connectivity index (χ0v) is 22.5. The molecule has 0 aromatic rings. The highest BCUT2D eigenvalue weighted by molar-refractivity contribution is 5.47. The Kier molecular flexibility index (Phi) is 7.01. The number of ether oxygens (including phenoxy) is 1. The summed E-state index contributed by atoms with van der Waals surface area (Å²) in [4.78, 5) is 11.6. The molecule has 190 valence electrons. The molecule has 0 saturated heterocycles. The Bertz CT molecular complexity index is 864. The molecule has 3 heteroatoms. The molecule has 0 radical (unpaired) electrons. The van der Waals surface area contributed by atoms with Crippen molar-refractivity contribution in [3.8, 4) is 0 Å². The van der Waals surface area contributed by atoms with Crippen LogP contribution in [0.5, 0.6) is 0 Å². The average molecular weight is 469 g/mol. The van der Waals surface area contributed by atoms with Crippen LogP contribution in [-0.4, -0.2) is 23.8 Å². The van der Waals surface area contributed by atoms with Crippen LogP contribution in [0.3, 0.4) is 0 Å². The molecule has 4 rings (SSSR count). The fourth-order valence-electron chi connectivity index (χ4n) is 8.36. The summed E-state index contributed by atoms with van der Waals surface area (Å²) in [6.45, 7) is 18.9. The monoisotopic (exact) mass is 468 g/mol. The van der Waals surface area contributed by atoms with Crippen molar-refractivity contribution in [3.05, 3.63) is 35.5 Å². The van der Waals surface area contributed by atoms with Crippen molar-refractivity contribution in [2.75, 3.05) is 0 Å². The van der Waals surface area contributed by atoms with E-state index in [1.165, 1.54) is 18.4 Å². The van der Waals surface area contributed by atoms with Crippen LogP contribution in [-0.2, 0) is 9.53 Å². The zero-order chi connectivity index (χ0) is 24.9. The summed E-state index contributed by atoms with van der Waals surface area (Å²) in [5, 5.41) is 10.7. The number of hydrogen-bond donors (Lipinski definition) is 1. The maximum absolute atomic E-state index is 11.6. The molecule has 34 heavy (non-hydrogen) atoms. The number of fused-ring (bicyclic) bond motifs is 5. The maximum atomic E-state index is 11.6. The third kappa shape index (κ3) is 3.94. The summed E-state index contributed by atoms with van der Waals surface area (Å²) >= 11 is 0. The van der Waals surface area contributed by atoms with Crippen molar-refractivity contribution in [3.63, 3.8) is 0 Å². The Hall–Kier alpha value is -1.35. The van der Waals surface area contributed by atoms with Gasteiger partial charge in [0.15, 0.2) is 0 Å². The molecule has 2 saturated carbocycles.